The smallest absolute Gasteiger partial charge is 0.410 e. The van der Waals surface area contributed by atoms with Gasteiger partial charge in [-0.3, -0.25) is 0 Å². The van der Waals surface area contributed by atoms with Gasteiger partial charge in [0.25, 0.3) is 0 Å². The number of hydrogen-bond donors (Lipinski definition) is 2. The van der Waals surface area contributed by atoms with Crippen LogP contribution in [0.4, 0.5) is 4.79 Å². The fourth-order valence-corrected chi connectivity index (χ4v) is 2.37. The van der Waals surface area contributed by atoms with E-state index < -0.39 is 5.60 Å². The zero-order chi connectivity index (χ0) is 13.8. The summed E-state index contributed by atoms with van der Waals surface area (Å²) in [7, 11) is 0. The third-order valence-electron chi connectivity index (χ3n) is 3.21. The van der Waals surface area contributed by atoms with Gasteiger partial charge < -0.3 is 19.8 Å². The molecule has 0 aromatic rings. The number of nitrogens with zero attached hydrogens (tertiary/aromatic N) is 1. The molecule has 0 aromatic carbocycles. The average Bonchev–Trinajstić information content (AvgIpc) is 2.66. The van der Waals surface area contributed by atoms with Crippen LogP contribution in [0.5, 0.6) is 0 Å². The topological polar surface area (TPSA) is 70.0 Å². The van der Waals surface area contributed by atoms with Crippen LogP contribution < -0.4 is 0 Å². The molecular weight excluding hydrogens is 234 g/mol. The number of ether oxygens (including phenoxy) is 1. The summed E-state index contributed by atoms with van der Waals surface area (Å²) in [6.07, 6.45) is 1.83. The van der Waals surface area contributed by atoms with Crippen LogP contribution in [-0.2, 0) is 4.74 Å². The van der Waals surface area contributed by atoms with Gasteiger partial charge in [0.05, 0.1) is 0 Å². The lowest BCUT2D eigenvalue weighted by atomic mass is 9.97. The number of aliphatic hydroxyl groups is 2. The molecule has 1 fully saturated rings. The molecule has 2 atom stereocenters. The largest absolute Gasteiger partial charge is 0.444 e. The van der Waals surface area contributed by atoms with Crippen LogP contribution in [0.25, 0.3) is 0 Å². The van der Waals surface area contributed by atoms with Crippen molar-refractivity contribution in [3.8, 4) is 0 Å². The van der Waals surface area contributed by atoms with Crippen LogP contribution in [0, 0.1) is 5.92 Å². The van der Waals surface area contributed by atoms with Crippen LogP contribution >= 0.6 is 0 Å². The van der Waals surface area contributed by atoms with Crippen molar-refractivity contribution in [1.82, 2.24) is 4.90 Å². The number of aliphatic hydroxyl groups excluding tert-OH is 2. The first kappa shape index (κ1) is 15.2. The lowest BCUT2D eigenvalue weighted by Gasteiger charge is -2.30. The van der Waals surface area contributed by atoms with E-state index >= 15 is 0 Å². The van der Waals surface area contributed by atoms with Gasteiger partial charge in [0.15, 0.2) is 0 Å². The van der Waals surface area contributed by atoms with E-state index in [-0.39, 0.29) is 31.3 Å². The molecule has 1 aliphatic heterocycles. The Labute approximate surface area is 109 Å². The fourth-order valence-electron chi connectivity index (χ4n) is 2.37. The van der Waals surface area contributed by atoms with Crippen molar-refractivity contribution >= 4 is 6.09 Å². The van der Waals surface area contributed by atoms with Crippen molar-refractivity contribution < 1.29 is 19.7 Å². The van der Waals surface area contributed by atoms with Crippen molar-refractivity contribution in [1.29, 1.82) is 0 Å². The standard InChI is InChI=1S/C13H25NO4/c1-13(2,3)18-12(17)14-7-6-10(9-16)11(14)5-4-8-15/h10-11,15-16H,4-9H2,1-3H3/t10-,11-/m1/s1. The highest BCUT2D eigenvalue weighted by Crippen LogP contribution is 2.29. The maximum absolute atomic E-state index is 12.1. The van der Waals surface area contributed by atoms with Crippen LogP contribution in [0.1, 0.15) is 40.0 Å². The van der Waals surface area contributed by atoms with E-state index in [0.717, 1.165) is 6.42 Å². The number of amides is 1. The second kappa shape index (κ2) is 6.38. The van der Waals surface area contributed by atoms with E-state index in [9.17, 15) is 9.90 Å². The van der Waals surface area contributed by atoms with Gasteiger partial charge in [-0.25, -0.2) is 4.79 Å². The molecule has 18 heavy (non-hydrogen) atoms. The molecule has 0 spiro atoms. The highest BCUT2D eigenvalue weighted by molar-refractivity contribution is 5.69. The molecule has 2 N–H and O–H groups in total. The summed E-state index contributed by atoms with van der Waals surface area (Å²) >= 11 is 0. The Morgan fingerprint density at radius 2 is 2.06 bits per heavy atom. The molecule has 1 saturated heterocycles. The third-order valence-corrected chi connectivity index (χ3v) is 3.21. The van der Waals surface area contributed by atoms with Gasteiger partial charge in [-0.1, -0.05) is 0 Å². The van der Waals surface area contributed by atoms with E-state index in [1.54, 1.807) is 4.90 Å². The third kappa shape index (κ3) is 4.14. The Kier molecular flexibility index (Phi) is 5.41. The summed E-state index contributed by atoms with van der Waals surface area (Å²) in [5.41, 5.74) is -0.504. The average molecular weight is 259 g/mol. The normalized spacial score (nSPS) is 24.4. The van der Waals surface area contributed by atoms with E-state index in [1.165, 1.54) is 0 Å². The van der Waals surface area contributed by atoms with Crippen LogP contribution in [0.3, 0.4) is 0 Å². The highest BCUT2D eigenvalue weighted by atomic mass is 16.6. The molecular formula is C13H25NO4. The maximum atomic E-state index is 12.1. The summed E-state index contributed by atoms with van der Waals surface area (Å²) in [5, 5.41) is 18.2. The zero-order valence-corrected chi connectivity index (χ0v) is 11.6. The van der Waals surface area contributed by atoms with Crippen molar-refractivity contribution in [2.24, 2.45) is 5.92 Å². The number of carbonyl (C=O) groups excluding carboxylic acids is 1. The zero-order valence-electron chi connectivity index (χ0n) is 11.6. The fraction of sp³-hybridized carbons (Fsp3) is 0.923. The minimum absolute atomic E-state index is 0.0167. The molecule has 106 valence electrons. The second-order valence-electron chi connectivity index (χ2n) is 5.84. The Hall–Kier alpha value is -0.810. The van der Waals surface area contributed by atoms with Crippen molar-refractivity contribution in [2.75, 3.05) is 19.8 Å². The van der Waals surface area contributed by atoms with Gasteiger partial charge in [-0.2, -0.15) is 0 Å². The summed E-state index contributed by atoms with van der Waals surface area (Å²) in [5.74, 6) is 0.101. The first-order chi connectivity index (χ1) is 8.39. The summed E-state index contributed by atoms with van der Waals surface area (Å²) in [4.78, 5) is 13.8. The minimum Gasteiger partial charge on any atom is -0.444 e. The number of hydrogen-bond acceptors (Lipinski definition) is 4. The SMILES string of the molecule is CC(C)(C)OC(=O)N1CC[C@H](CO)[C@H]1CCCO. The molecule has 0 bridgehead atoms. The maximum Gasteiger partial charge on any atom is 0.410 e. The number of rotatable bonds is 4. The van der Waals surface area contributed by atoms with Crippen LogP contribution in [0.15, 0.2) is 0 Å². The Bertz CT molecular complexity index is 275. The molecule has 0 radical (unpaired) electrons. The number of likely N-dealkylation sites (tertiary alicyclic amines) is 1. The van der Waals surface area contributed by atoms with E-state index in [4.69, 9.17) is 9.84 Å². The van der Waals surface area contributed by atoms with Gasteiger partial charge >= 0.3 is 6.09 Å². The molecule has 1 heterocycles. The monoisotopic (exact) mass is 259 g/mol. The molecule has 1 rings (SSSR count). The Balaban J connectivity index is 2.64. The highest BCUT2D eigenvalue weighted by Gasteiger charge is 2.38. The molecule has 5 heteroatoms. The molecule has 0 aromatic heterocycles. The predicted molar refractivity (Wildman–Crippen MR) is 68.2 cm³/mol. The minimum atomic E-state index is -0.504. The number of carbonyl (C=O) groups is 1. The quantitative estimate of drug-likeness (QED) is 0.800. The first-order valence-electron chi connectivity index (χ1n) is 6.60. The molecule has 1 amide bonds. The molecule has 0 unspecified atom stereocenters. The van der Waals surface area contributed by atoms with Crippen LogP contribution in [0.2, 0.25) is 0 Å². The summed E-state index contributed by atoms with van der Waals surface area (Å²) < 4.78 is 5.37. The first-order valence-corrected chi connectivity index (χ1v) is 6.60. The van der Waals surface area contributed by atoms with Gasteiger partial charge in [0.2, 0.25) is 0 Å². The summed E-state index contributed by atoms with van der Waals surface area (Å²) in [6.45, 7) is 6.33. The van der Waals surface area contributed by atoms with Crippen molar-refractivity contribution in [3.05, 3.63) is 0 Å². The van der Waals surface area contributed by atoms with E-state index in [0.29, 0.717) is 19.4 Å². The van der Waals surface area contributed by atoms with Gasteiger partial charge in [-0.15, -0.1) is 0 Å². The molecule has 0 saturated carbocycles. The lowest BCUT2D eigenvalue weighted by Crippen LogP contribution is -2.42. The molecule has 0 aliphatic carbocycles. The lowest BCUT2D eigenvalue weighted by molar-refractivity contribution is 0.0180. The Morgan fingerprint density at radius 3 is 2.56 bits per heavy atom. The second-order valence-corrected chi connectivity index (χ2v) is 5.84. The summed E-state index contributed by atoms with van der Waals surface area (Å²) in [6, 6.07) is -0.0167. The van der Waals surface area contributed by atoms with Crippen molar-refractivity contribution in [2.45, 2.75) is 51.7 Å². The molecule has 1 aliphatic rings. The van der Waals surface area contributed by atoms with E-state index in [1.807, 2.05) is 20.8 Å². The molecule has 5 nitrogen and oxygen atoms in total. The van der Waals surface area contributed by atoms with Gasteiger partial charge in [0, 0.05) is 31.7 Å². The van der Waals surface area contributed by atoms with Gasteiger partial charge in [-0.05, 0) is 40.0 Å². The van der Waals surface area contributed by atoms with E-state index in [2.05, 4.69) is 0 Å². The van der Waals surface area contributed by atoms with Crippen LogP contribution in [-0.4, -0.2) is 52.6 Å². The predicted octanol–water partition coefficient (Wildman–Crippen LogP) is 1.38. The Morgan fingerprint density at radius 1 is 1.39 bits per heavy atom. The van der Waals surface area contributed by atoms with Crippen molar-refractivity contribution in [3.63, 3.8) is 0 Å². The van der Waals surface area contributed by atoms with Gasteiger partial charge in [0.1, 0.15) is 5.60 Å².